The van der Waals surface area contributed by atoms with Gasteiger partial charge in [0.25, 0.3) is 0 Å². The van der Waals surface area contributed by atoms with Gasteiger partial charge in [-0.2, -0.15) is 0 Å². The molecular weight excluding hydrogens is 318 g/mol. The Balaban J connectivity index is 0.00000264. The van der Waals surface area contributed by atoms with Crippen LogP contribution in [0.15, 0.2) is 24.3 Å². The highest BCUT2D eigenvalue weighted by Crippen LogP contribution is 2.18. The smallest absolute Gasteiger partial charge is 0.248 e. The van der Waals surface area contributed by atoms with E-state index in [0.717, 1.165) is 25.8 Å². The van der Waals surface area contributed by atoms with E-state index in [1.54, 1.807) is 24.3 Å². The van der Waals surface area contributed by atoms with Gasteiger partial charge in [0.1, 0.15) is 5.75 Å². The second kappa shape index (κ2) is 9.37. The molecule has 2 rings (SSSR count). The highest BCUT2D eigenvalue weighted by molar-refractivity contribution is 5.93. The zero-order valence-electron chi connectivity index (χ0n) is 13.1. The first-order chi connectivity index (χ1) is 10.6. The Labute approximate surface area is 142 Å². The Bertz CT molecular complexity index is 539. The van der Waals surface area contributed by atoms with Gasteiger partial charge in [0.05, 0.1) is 13.0 Å². The number of rotatable bonds is 6. The van der Waals surface area contributed by atoms with Gasteiger partial charge in [-0.05, 0) is 37.5 Å². The maximum Gasteiger partial charge on any atom is 0.248 e. The summed E-state index contributed by atoms with van der Waals surface area (Å²) in [5, 5.41) is 0. The molecular formula is C16H24ClN3O3. The lowest BCUT2D eigenvalue weighted by Crippen LogP contribution is -2.47. The minimum Gasteiger partial charge on any atom is -0.493 e. The van der Waals surface area contributed by atoms with Crippen molar-refractivity contribution in [2.75, 3.05) is 19.7 Å². The summed E-state index contributed by atoms with van der Waals surface area (Å²) in [4.78, 5) is 25.2. The van der Waals surface area contributed by atoms with Crippen LogP contribution in [-0.2, 0) is 4.79 Å². The zero-order chi connectivity index (χ0) is 15.9. The molecule has 1 atom stereocenters. The molecule has 0 spiro atoms. The van der Waals surface area contributed by atoms with Gasteiger partial charge in [0.15, 0.2) is 0 Å². The van der Waals surface area contributed by atoms with Crippen molar-refractivity contribution < 1.29 is 14.3 Å². The van der Waals surface area contributed by atoms with E-state index in [1.165, 1.54) is 0 Å². The van der Waals surface area contributed by atoms with Crippen molar-refractivity contribution in [2.45, 2.75) is 31.7 Å². The van der Waals surface area contributed by atoms with E-state index in [0.29, 0.717) is 24.3 Å². The third-order valence-corrected chi connectivity index (χ3v) is 3.92. The van der Waals surface area contributed by atoms with E-state index in [-0.39, 0.29) is 31.0 Å². The minimum absolute atomic E-state index is 0. The second-order valence-corrected chi connectivity index (χ2v) is 5.46. The lowest BCUT2D eigenvalue weighted by atomic mass is 10.0. The van der Waals surface area contributed by atoms with E-state index in [2.05, 4.69) is 0 Å². The van der Waals surface area contributed by atoms with E-state index in [9.17, 15) is 9.59 Å². The molecule has 23 heavy (non-hydrogen) atoms. The first-order valence-electron chi connectivity index (χ1n) is 7.64. The van der Waals surface area contributed by atoms with Gasteiger partial charge < -0.3 is 21.1 Å². The molecule has 1 unspecified atom stereocenters. The summed E-state index contributed by atoms with van der Waals surface area (Å²) >= 11 is 0. The fourth-order valence-electron chi connectivity index (χ4n) is 2.71. The Kier molecular flexibility index (Phi) is 7.85. The third-order valence-electron chi connectivity index (χ3n) is 3.92. The van der Waals surface area contributed by atoms with Crippen molar-refractivity contribution in [3.8, 4) is 5.75 Å². The Hall–Kier alpha value is -1.79. The molecule has 1 aliphatic heterocycles. The second-order valence-electron chi connectivity index (χ2n) is 5.46. The minimum atomic E-state index is -0.499. The topological polar surface area (TPSA) is 98.7 Å². The van der Waals surface area contributed by atoms with Crippen LogP contribution in [0.2, 0.25) is 0 Å². The fourth-order valence-corrected chi connectivity index (χ4v) is 2.71. The molecule has 0 aliphatic carbocycles. The van der Waals surface area contributed by atoms with Gasteiger partial charge in [-0.25, -0.2) is 0 Å². The lowest BCUT2D eigenvalue weighted by Gasteiger charge is -2.35. The monoisotopic (exact) mass is 341 g/mol. The van der Waals surface area contributed by atoms with Crippen LogP contribution in [0.1, 0.15) is 36.0 Å². The van der Waals surface area contributed by atoms with Gasteiger partial charge in [0, 0.05) is 24.7 Å². The van der Waals surface area contributed by atoms with Gasteiger partial charge in [-0.3, -0.25) is 9.59 Å². The predicted octanol–water partition coefficient (Wildman–Crippen LogP) is 1.32. The third kappa shape index (κ3) is 5.41. The molecule has 0 aromatic heterocycles. The molecule has 0 bridgehead atoms. The normalized spacial score (nSPS) is 17.3. The Morgan fingerprint density at radius 1 is 1.30 bits per heavy atom. The lowest BCUT2D eigenvalue weighted by molar-refractivity contribution is -0.135. The fraction of sp³-hybridized carbons (Fsp3) is 0.500. The van der Waals surface area contributed by atoms with Crippen molar-refractivity contribution in [1.29, 1.82) is 0 Å². The number of ether oxygens (including phenoxy) is 1. The summed E-state index contributed by atoms with van der Waals surface area (Å²) in [7, 11) is 0. The van der Waals surface area contributed by atoms with Gasteiger partial charge >= 0.3 is 0 Å². The number of amides is 2. The quantitative estimate of drug-likeness (QED) is 0.815. The molecule has 1 aromatic carbocycles. The average molecular weight is 342 g/mol. The van der Waals surface area contributed by atoms with Crippen molar-refractivity contribution in [3.63, 3.8) is 0 Å². The summed E-state index contributed by atoms with van der Waals surface area (Å²) in [6.07, 6.45) is 3.44. The highest BCUT2D eigenvalue weighted by Gasteiger charge is 2.25. The molecule has 6 nitrogen and oxygen atoms in total. The number of benzene rings is 1. The summed E-state index contributed by atoms with van der Waals surface area (Å²) in [5.41, 5.74) is 11.3. The molecule has 128 valence electrons. The maximum absolute atomic E-state index is 12.2. The van der Waals surface area contributed by atoms with Crippen LogP contribution < -0.4 is 16.2 Å². The highest BCUT2D eigenvalue weighted by atomic mass is 35.5. The molecule has 0 radical (unpaired) electrons. The number of primary amides is 1. The number of carbonyl (C=O) groups is 2. The molecule has 1 saturated heterocycles. The molecule has 1 aliphatic rings. The number of nitrogens with zero attached hydrogens (tertiary/aromatic N) is 1. The van der Waals surface area contributed by atoms with Crippen molar-refractivity contribution in [2.24, 2.45) is 11.5 Å². The Morgan fingerprint density at radius 3 is 2.78 bits per heavy atom. The Morgan fingerprint density at radius 2 is 2.09 bits per heavy atom. The first-order valence-corrected chi connectivity index (χ1v) is 7.64. The van der Waals surface area contributed by atoms with Crippen LogP contribution in [0.25, 0.3) is 0 Å². The van der Waals surface area contributed by atoms with E-state index < -0.39 is 5.91 Å². The number of piperidine rings is 1. The number of hydrogen-bond donors (Lipinski definition) is 2. The maximum atomic E-state index is 12.2. The zero-order valence-corrected chi connectivity index (χ0v) is 13.9. The van der Waals surface area contributed by atoms with Crippen molar-refractivity contribution >= 4 is 24.2 Å². The van der Waals surface area contributed by atoms with Gasteiger partial charge in [0.2, 0.25) is 11.8 Å². The first kappa shape index (κ1) is 19.3. The van der Waals surface area contributed by atoms with E-state index >= 15 is 0 Å². The predicted molar refractivity (Wildman–Crippen MR) is 90.7 cm³/mol. The number of nitrogens with two attached hydrogens (primary N) is 2. The molecule has 0 saturated carbocycles. The van der Waals surface area contributed by atoms with Crippen LogP contribution in [-0.4, -0.2) is 42.5 Å². The van der Waals surface area contributed by atoms with Crippen molar-refractivity contribution in [1.82, 2.24) is 4.90 Å². The standard InChI is InChI=1S/C16H23N3O3.ClH/c17-11-13-5-1-2-8-19(13)15(20)7-9-22-14-6-3-4-12(10-14)16(18)21;/h3-4,6,10,13H,1-2,5,7-9,11,17H2,(H2,18,21);1H. The van der Waals surface area contributed by atoms with Gasteiger partial charge in [-0.1, -0.05) is 6.07 Å². The molecule has 1 heterocycles. The van der Waals surface area contributed by atoms with Crippen LogP contribution in [0.5, 0.6) is 5.75 Å². The SMILES string of the molecule is Cl.NCC1CCCCN1C(=O)CCOc1cccc(C(N)=O)c1. The molecule has 1 fully saturated rings. The van der Waals surface area contributed by atoms with Gasteiger partial charge in [-0.15, -0.1) is 12.4 Å². The molecule has 1 aromatic rings. The summed E-state index contributed by atoms with van der Waals surface area (Å²) in [6.45, 7) is 1.56. The summed E-state index contributed by atoms with van der Waals surface area (Å²) in [6, 6.07) is 6.79. The number of halogens is 1. The number of hydrogen-bond acceptors (Lipinski definition) is 4. The molecule has 7 heteroatoms. The van der Waals surface area contributed by atoms with E-state index in [4.69, 9.17) is 16.2 Å². The van der Waals surface area contributed by atoms with Crippen LogP contribution in [0, 0.1) is 0 Å². The van der Waals surface area contributed by atoms with E-state index in [1.807, 2.05) is 4.90 Å². The van der Waals surface area contributed by atoms with Crippen LogP contribution >= 0.6 is 12.4 Å². The van der Waals surface area contributed by atoms with Crippen molar-refractivity contribution in [3.05, 3.63) is 29.8 Å². The molecule has 4 N–H and O–H groups in total. The summed E-state index contributed by atoms with van der Waals surface area (Å²) < 4.78 is 5.54. The van der Waals surface area contributed by atoms with Crippen LogP contribution in [0.4, 0.5) is 0 Å². The number of carbonyl (C=O) groups excluding carboxylic acids is 2. The average Bonchev–Trinajstić information content (AvgIpc) is 2.55. The van der Waals surface area contributed by atoms with Crippen LogP contribution in [0.3, 0.4) is 0 Å². The largest absolute Gasteiger partial charge is 0.493 e. The summed E-state index contributed by atoms with van der Waals surface area (Å²) in [5.74, 6) is 0.111. The number of likely N-dealkylation sites (tertiary alicyclic amines) is 1. The molecule has 2 amide bonds.